The van der Waals surface area contributed by atoms with E-state index in [-0.39, 0.29) is 0 Å². The summed E-state index contributed by atoms with van der Waals surface area (Å²) >= 11 is 0. The first-order valence-corrected chi connectivity index (χ1v) is 6.05. The van der Waals surface area contributed by atoms with Gasteiger partial charge < -0.3 is 5.32 Å². The van der Waals surface area contributed by atoms with Crippen LogP contribution in [0.25, 0.3) is 5.82 Å². The largest absolute Gasteiger partial charge is 0.381 e. The number of nitrogens with zero attached hydrogens (tertiary/aromatic N) is 3. The van der Waals surface area contributed by atoms with Crippen LogP contribution >= 0.6 is 0 Å². The number of aromatic nitrogens is 3. The first kappa shape index (κ1) is 10.3. The number of hydrogen-bond acceptors (Lipinski definition) is 3. The van der Waals surface area contributed by atoms with E-state index in [9.17, 15) is 0 Å². The molecule has 1 aliphatic carbocycles. The summed E-state index contributed by atoms with van der Waals surface area (Å²) in [5, 5.41) is 7.63. The molecule has 1 atom stereocenters. The number of hydrogen-bond donors (Lipinski definition) is 1. The third-order valence-corrected chi connectivity index (χ3v) is 3.21. The normalized spacial score (nSPS) is 16.8. The van der Waals surface area contributed by atoms with Gasteiger partial charge in [-0.15, -0.1) is 0 Å². The van der Waals surface area contributed by atoms with Gasteiger partial charge in [-0.25, -0.2) is 9.67 Å². The summed E-state index contributed by atoms with van der Waals surface area (Å²) in [6.07, 6.45) is 8.22. The second kappa shape index (κ2) is 4.20. The summed E-state index contributed by atoms with van der Waals surface area (Å²) in [6.45, 7) is 2.24. The SMILES string of the molecule is CC(Nc1ccc(-n2cccn2)nc1)C1CC1. The predicted octanol–water partition coefficient (Wildman–Crippen LogP) is 2.48. The summed E-state index contributed by atoms with van der Waals surface area (Å²) in [6, 6.07) is 6.48. The molecule has 0 aliphatic heterocycles. The fraction of sp³-hybridized carbons (Fsp3) is 0.385. The molecule has 2 aromatic rings. The summed E-state index contributed by atoms with van der Waals surface area (Å²) in [5.41, 5.74) is 1.08. The van der Waals surface area contributed by atoms with Crippen molar-refractivity contribution in [3.63, 3.8) is 0 Å². The minimum atomic E-state index is 0.548. The van der Waals surface area contributed by atoms with Crippen molar-refractivity contribution in [2.45, 2.75) is 25.8 Å². The van der Waals surface area contributed by atoms with Crippen molar-refractivity contribution in [2.75, 3.05) is 5.32 Å². The number of nitrogens with one attached hydrogen (secondary N) is 1. The average molecular weight is 228 g/mol. The van der Waals surface area contributed by atoms with Crippen LogP contribution in [0.2, 0.25) is 0 Å². The molecule has 1 saturated carbocycles. The molecule has 1 aliphatic rings. The van der Waals surface area contributed by atoms with Crippen LogP contribution in [0.5, 0.6) is 0 Å². The van der Waals surface area contributed by atoms with Crippen molar-refractivity contribution in [3.8, 4) is 5.82 Å². The van der Waals surface area contributed by atoms with E-state index in [1.807, 2.05) is 24.5 Å². The van der Waals surface area contributed by atoms with Gasteiger partial charge in [-0.1, -0.05) is 0 Å². The summed E-state index contributed by atoms with van der Waals surface area (Å²) in [5.74, 6) is 1.69. The molecule has 1 unspecified atom stereocenters. The maximum atomic E-state index is 4.39. The van der Waals surface area contributed by atoms with Crippen LogP contribution in [0.3, 0.4) is 0 Å². The van der Waals surface area contributed by atoms with Crippen molar-refractivity contribution >= 4 is 5.69 Å². The Labute approximate surface area is 101 Å². The molecule has 0 bridgehead atoms. The van der Waals surface area contributed by atoms with Crippen LogP contribution in [-0.2, 0) is 0 Å². The van der Waals surface area contributed by atoms with Gasteiger partial charge in [-0.05, 0) is 43.9 Å². The lowest BCUT2D eigenvalue weighted by molar-refractivity contribution is 0.693. The third kappa shape index (κ3) is 2.30. The van der Waals surface area contributed by atoms with Gasteiger partial charge >= 0.3 is 0 Å². The molecule has 4 nitrogen and oxygen atoms in total. The highest BCUT2D eigenvalue weighted by Gasteiger charge is 2.27. The molecular formula is C13H16N4. The Balaban J connectivity index is 1.71. The van der Waals surface area contributed by atoms with E-state index in [1.165, 1.54) is 12.8 Å². The van der Waals surface area contributed by atoms with Gasteiger partial charge in [-0.2, -0.15) is 5.10 Å². The average Bonchev–Trinajstić information content (AvgIpc) is 3.07. The van der Waals surface area contributed by atoms with Crippen molar-refractivity contribution in [2.24, 2.45) is 5.92 Å². The van der Waals surface area contributed by atoms with Gasteiger partial charge in [0.15, 0.2) is 5.82 Å². The Morgan fingerprint density at radius 3 is 2.88 bits per heavy atom. The van der Waals surface area contributed by atoms with E-state index in [1.54, 1.807) is 10.9 Å². The quantitative estimate of drug-likeness (QED) is 0.874. The molecule has 3 rings (SSSR count). The third-order valence-electron chi connectivity index (χ3n) is 3.21. The van der Waals surface area contributed by atoms with Crippen molar-refractivity contribution in [1.29, 1.82) is 0 Å². The Kier molecular flexibility index (Phi) is 2.55. The molecule has 0 aromatic carbocycles. The van der Waals surface area contributed by atoms with Gasteiger partial charge in [0.25, 0.3) is 0 Å². The predicted molar refractivity (Wildman–Crippen MR) is 67.2 cm³/mol. The number of pyridine rings is 1. The van der Waals surface area contributed by atoms with Gasteiger partial charge in [0.2, 0.25) is 0 Å². The van der Waals surface area contributed by atoms with Crippen LogP contribution in [0.1, 0.15) is 19.8 Å². The lowest BCUT2D eigenvalue weighted by atomic mass is 10.2. The molecule has 0 saturated heterocycles. The molecule has 88 valence electrons. The molecule has 2 aromatic heterocycles. The molecule has 2 heterocycles. The zero-order valence-corrected chi connectivity index (χ0v) is 9.87. The molecule has 4 heteroatoms. The van der Waals surface area contributed by atoms with Gasteiger partial charge in [0.1, 0.15) is 0 Å². The molecule has 0 spiro atoms. The smallest absolute Gasteiger partial charge is 0.153 e. The highest BCUT2D eigenvalue weighted by Crippen LogP contribution is 2.33. The standard InChI is InChI=1S/C13H16N4/c1-10(11-3-4-11)16-12-5-6-13(14-9-12)17-8-2-7-15-17/h2,5-11,16H,3-4H2,1H3. The van der Waals surface area contributed by atoms with Crippen LogP contribution in [0.4, 0.5) is 5.69 Å². The lowest BCUT2D eigenvalue weighted by Crippen LogP contribution is -2.17. The zero-order chi connectivity index (χ0) is 11.7. The van der Waals surface area contributed by atoms with E-state index >= 15 is 0 Å². The van der Waals surface area contributed by atoms with Crippen LogP contribution < -0.4 is 5.32 Å². The van der Waals surface area contributed by atoms with E-state index in [4.69, 9.17) is 0 Å². The minimum absolute atomic E-state index is 0.548. The lowest BCUT2D eigenvalue weighted by Gasteiger charge is -2.14. The minimum Gasteiger partial charge on any atom is -0.381 e. The van der Waals surface area contributed by atoms with Crippen molar-refractivity contribution in [3.05, 3.63) is 36.8 Å². The second-order valence-corrected chi connectivity index (χ2v) is 4.63. The monoisotopic (exact) mass is 228 g/mol. The highest BCUT2D eigenvalue weighted by molar-refractivity contribution is 5.44. The maximum absolute atomic E-state index is 4.39. The highest BCUT2D eigenvalue weighted by atomic mass is 15.3. The molecule has 1 N–H and O–H groups in total. The number of anilines is 1. The van der Waals surface area contributed by atoms with Gasteiger partial charge in [-0.3, -0.25) is 0 Å². The maximum Gasteiger partial charge on any atom is 0.153 e. The number of rotatable bonds is 4. The van der Waals surface area contributed by atoms with E-state index < -0.39 is 0 Å². The Morgan fingerprint density at radius 2 is 2.29 bits per heavy atom. The van der Waals surface area contributed by atoms with Crippen LogP contribution in [0.15, 0.2) is 36.8 Å². The van der Waals surface area contributed by atoms with Crippen LogP contribution in [-0.4, -0.2) is 20.8 Å². The van der Waals surface area contributed by atoms with Crippen LogP contribution in [0, 0.1) is 5.92 Å². The summed E-state index contributed by atoms with van der Waals surface area (Å²) in [7, 11) is 0. The topological polar surface area (TPSA) is 42.7 Å². The van der Waals surface area contributed by atoms with E-state index in [0.717, 1.165) is 17.4 Å². The molecule has 1 fully saturated rings. The second-order valence-electron chi connectivity index (χ2n) is 4.63. The Morgan fingerprint density at radius 1 is 1.41 bits per heavy atom. The fourth-order valence-corrected chi connectivity index (χ4v) is 1.99. The molecule has 0 radical (unpaired) electrons. The van der Waals surface area contributed by atoms with Gasteiger partial charge in [0, 0.05) is 18.4 Å². The first-order chi connectivity index (χ1) is 8.33. The Bertz CT molecular complexity index is 471. The summed E-state index contributed by atoms with van der Waals surface area (Å²) < 4.78 is 1.76. The van der Waals surface area contributed by atoms with Crippen molar-refractivity contribution in [1.82, 2.24) is 14.8 Å². The molecular weight excluding hydrogens is 212 g/mol. The molecule has 0 amide bonds. The first-order valence-electron chi connectivity index (χ1n) is 6.05. The Hall–Kier alpha value is -1.84. The zero-order valence-electron chi connectivity index (χ0n) is 9.87. The van der Waals surface area contributed by atoms with E-state index in [2.05, 4.69) is 28.4 Å². The van der Waals surface area contributed by atoms with Gasteiger partial charge in [0.05, 0.1) is 11.9 Å². The van der Waals surface area contributed by atoms with Crippen molar-refractivity contribution < 1.29 is 0 Å². The van der Waals surface area contributed by atoms with E-state index in [0.29, 0.717) is 6.04 Å². The fourth-order valence-electron chi connectivity index (χ4n) is 1.99. The summed E-state index contributed by atoms with van der Waals surface area (Å²) in [4.78, 5) is 4.39. The molecule has 17 heavy (non-hydrogen) atoms.